The highest BCUT2D eigenvalue weighted by Crippen LogP contribution is 2.31. The number of benzene rings is 4. The van der Waals surface area contributed by atoms with Gasteiger partial charge in [0.1, 0.15) is 12.4 Å². The highest BCUT2D eigenvalue weighted by molar-refractivity contribution is 5.88. The first kappa shape index (κ1) is 23.7. The van der Waals surface area contributed by atoms with Gasteiger partial charge < -0.3 is 4.74 Å². The average Bonchev–Trinajstić information content (AvgIpc) is 2.80. The van der Waals surface area contributed by atoms with E-state index in [0.717, 1.165) is 25.0 Å². The molecule has 0 saturated heterocycles. The molecule has 4 rings (SSSR count). The maximum absolute atomic E-state index is 14.8. The van der Waals surface area contributed by atoms with Crippen molar-refractivity contribution in [2.75, 3.05) is 0 Å². The van der Waals surface area contributed by atoms with Crippen LogP contribution >= 0.6 is 0 Å². The Kier molecular flexibility index (Phi) is 6.82. The smallest absolute Gasteiger partial charge is 0.195 e. The fraction of sp³-hybridized carbons (Fsp3) is 0.185. The third-order valence-electron chi connectivity index (χ3n) is 5.58. The van der Waals surface area contributed by atoms with Gasteiger partial charge in [0.05, 0.1) is 0 Å². The van der Waals surface area contributed by atoms with Crippen molar-refractivity contribution in [3.8, 4) is 16.9 Å². The van der Waals surface area contributed by atoms with Crippen LogP contribution in [-0.2, 0) is 13.0 Å². The molecule has 0 fully saturated rings. The first-order valence-electron chi connectivity index (χ1n) is 10.7. The van der Waals surface area contributed by atoms with E-state index in [1.54, 1.807) is 0 Å². The molecule has 0 aliphatic rings. The first-order chi connectivity index (χ1) is 16.3. The molecule has 0 amide bonds. The monoisotopic (exact) mass is 474 g/mol. The number of aryl methyl sites for hydroxylation is 1. The molecule has 0 aliphatic heterocycles. The van der Waals surface area contributed by atoms with Crippen molar-refractivity contribution in [3.63, 3.8) is 0 Å². The molecule has 1 nitrogen and oxygen atoms in total. The summed E-state index contributed by atoms with van der Waals surface area (Å²) in [5, 5.41) is -0.0492. The van der Waals surface area contributed by atoms with Gasteiger partial charge in [-0.05, 0) is 65.3 Å². The Morgan fingerprint density at radius 2 is 1.38 bits per heavy atom. The van der Waals surface area contributed by atoms with Crippen LogP contribution in [0, 0.1) is 34.9 Å². The lowest BCUT2D eigenvalue weighted by Gasteiger charge is -2.12. The summed E-state index contributed by atoms with van der Waals surface area (Å²) >= 11 is 0. The van der Waals surface area contributed by atoms with Crippen LogP contribution in [0.3, 0.4) is 0 Å². The maximum atomic E-state index is 14.8. The molecule has 0 saturated carbocycles. The van der Waals surface area contributed by atoms with Crippen LogP contribution in [0.1, 0.15) is 30.9 Å². The minimum Gasteiger partial charge on any atom is -0.483 e. The molecule has 0 aliphatic carbocycles. The van der Waals surface area contributed by atoms with Gasteiger partial charge in [0, 0.05) is 10.9 Å². The van der Waals surface area contributed by atoms with E-state index in [2.05, 4.69) is 0 Å². The molecule has 0 radical (unpaired) electrons. The van der Waals surface area contributed by atoms with Crippen molar-refractivity contribution in [2.24, 2.45) is 0 Å². The van der Waals surface area contributed by atoms with Crippen LogP contribution < -0.4 is 4.74 Å². The molecule has 7 heteroatoms. The van der Waals surface area contributed by atoms with Crippen molar-refractivity contribution in [2.45, 2.75) is 32.8 Å². The number of unbranched alkanes of at least 4 members (excludes halogenated alkanes) is 1. The maximum Gasteiger partial charge on any atom is 0.195 e. The minimum absolute atomic E-state index is 0.0778. The molecule has 0 spiro atoms. The highest BCUT2D eigenvalue weighted by Gasteiger charge is 2.16. The molecule has 0 unspecified atom stereocenters. The predicted octanol–water partition coefficient (Wildman–Crippen LogP) is 8.26. The lowest BCUT2D eigenvalue weighted by Crippen LogP contribution is -2.02. The third kappa shape index (κ3) is 4.74. The second-order valence-corrected chi connectivity index (χ2v) is 8.02. The molecule has 0 aromatic heterocycles. The molecule has 0 N–H and O–H groups in total. The molecule has 0 bridgehead atoms. The molecule has 176 valence electrons. The summed E-state index contributed by atoms with van der Waals surface area (Å²) in [5.74, 6) is -7.07. The van der Waals surface area contributed by atoms with Gasteiger partial charge in [0.15, 0.2) is 34.8 Å². The molecular weight excluding hydrogens is 454 g/mol. The van der Waals surface area contributed by atoms with Gasteiger partial charge >= 0.3 is 0 Å². The Bertz CT molecular complexity index is 1340. The summed E-state index contributed by atoms with van der Waals surface area (Å²) in [4.78, 5) is 0. The Morgan fingerprint density at radius 1 is 0.676 bits per heavy atom. The zero-order valence-electron chi connectivity index (χ0n) is 18.2. The Balaban J connectivity index is 1.55. The highest BCUT2D eigenvalue weighted by atomic mass is 19.2. The van der Waals surface area contributed by atoms with Crippen LogP contribution in [0.4, 0.5) is 26.3 Å². The number of fused-ring (bicyclic) bond motifs is 1. The molecule has 0 atom stereocenters. The standard InChI is InChI=1S/C27H20F6O/c1-2-3-4-15-9-23(30)27(24(31)10-15)34-14-16-5-7-19(21(28)11-16)17-6-8-20-18(12-17)13-22(29)26(33)25(20)32/h5-13H,2-4,14H2,1H3. The number of ether oxygens (including phenoxy) is 1. The zero-order valence-corrected chi connectivity index (χ0v) is 18.2. The van der Waals surface area contributed by atoms with Crippen LogP contribution in [0.2, 0.25) is 0 Å². The lowest BCUT2D eigenvalue weighted by atomic mass is 9.99. The van der Waals surface area contributed by atoms with Gasteiger partial charge in [-0.25, -0.2) is 26.3 Å². The van der Waals surface area contributed by atoms with Crippen molar-refractivity contribution >= 4 is 10.8 Å². The van der Waals surface area contributed by atoms with E-state index in [1.165, 1.54) is 42.5 Å². The summed E-state index contributed by atoms with van der Waals surface area (Å²) < 4.78 is 89.6. The zero-order chi connectivity index (χ0) is 24.4. The van der Waals surface area contributed by atoms with Gasteiger partial charge in [-0.15, -0.1) is 0 Å². The van der Waals surface area contributed by atoms with E-state index >= 15 is 0 Å². The van der Waals surface area contributed by atoms with Crippen molar-refractivity contribution in [1.82, 2.24) is 0 Å². The van der Waals surface area contributed by atoms with Crippen LogP contribution in [0.25, 0.3) is 21.9 Å². The van der Waals surface area contributed by atoms with Crippen LogP contribution in [0.5, 0.6) is 5.75 Å². The van der Waals surface area contributed by atoms with Crippen molar-refractivity contribution < 1.29 is 31.1 Å². The van der Waals surface area contributed by atoms with Crippen molar-refractivity contribution in [3.05, 3.63) is 101 Å². The second-order valence-electron chi connectivity index (χ2n) is 8.02. The lowest BCUT2D eigenvalue weighted by molar-refractivity contribution is 0.273. The summed E-state index contributed by atoms with van der Waals surface area (Å²) in [6.45, 7) is 1.71. The van der Waals surface area contributed by atoms with Gasteiger partial charge in [0.2, 0.25) is 0 Å². The van der Waals surface area contributed by atoms with Crippen LogP contribution in [-0.4, -0.2) is 0 Å². The first-order valence-corrected chi connectivity index (χ1v) is 10.7. The quantitative estimate of drug-likeness (QED) is 0.194. The fourth-order valence-electron chi connectivity index (χ4n) is 3.79. The number of hydrogen-bond acceptors (Lipinski definition) is 1. The summed E-state index contributed by atoms with van der Waals surface area (Å²) in [5.41, 5.74) is 1.32. The fourth-order valence-corrected chi connectivity index (χ4v) is 3.79. The topological polar surface area (TPSA) is 9.23 Å². The predicted molar refractivity (Wildman–Crippen MR) is 119 cm³/mol. The molecule has 34 heavy (non-hydrogen) atoms. The largest absolute Gasteiger partial charge is 0.483 e. The van der Waals surface area contributed by atoms with E-state index in [9.17, 15) is 26.3 Å². The Labute approximate surface area is 192 Å². The summed E-state index contributed by atoms with van der Waals surface area (Å²) in [6.07, 6.45) is 2.26. The SMILES string of the molecule is CCCCc1cc(F)c(OCc2ccc(-c3ccc4c(F)c(F)c(F)cc4c3)c(F)c2)c(F)c1. The third-order valence-corrected chi connectivity index (χ3v) is 5.58. The average molecular weight is 474 g/mol. The van der Waals surface area contributed by atoms with Gasteiger partial charge in [0.25, 0.3) is 0 Å². The summed E-state index contributed by atoms with van der Waals surface area (Å²) in [6, 6.07) is 11.4. The van der Waals surface area contributed by atoms with E-state index < -0.39 is 40.7 Å². The Hall–Kier alpha value is -3.48. The van der Waals surface area contributed by atoms with Gasteiger partial charge in [-0.2, -0.15) is 0 Å². The minimum atomic E-state index is -1.57. The molecule has 0 heterocycles. The molecular formula is C27H20F6O. The number of rotatable bonds is 7. The van der Waals surface area contributed by atoms with Gasteiger partial charge in [-0.3, -0.25) is 0 Å². The molecule has 4 aromatic rings. The van der Waals surface area contributed by atoms with E-state index in [0.29, 0.717) is 23.1 Å². The van der Waals surface area contributed by atoms with E-state index in [4.69, 9.17) is 4.74 Å². The van der Waals surface area contributed by atoms with Crippen molar-refractivity contribution in [1.29, 1.82) is 0 Å². The number of halogens is 6. The van der Waals surface area contributed by atoms with Crippen LogP contribution in [0.15, 0.2) is 54.6 Å². The van der Waals surface area contributed by atoms with Gasteiger partial charge in [-0.1, -0.05) is 37.6 Å². The summed E-state index contributed by atoms with van der Waals surface area (Å²) in [7, 11) is 0. The normalized spacial score (nSPS) is 11.3. The Morgan fingerprint density at radius 3 is 2.06 bits per heavy atom. The second kappa shape index (κ2) is 9.79. The van der Waals surface area contributed by atoms with E-state index in [-0.39, 0.29) is 22.9 Å². The van der Waals surface area contributed by atoms with E-state index in [1.807, 2.05) is 6.92 Å². The molecule has 4 aromatic carbocycles. The number of hydrogen-bond donors (Lipinski definition) is 0.